The third-order valence-corrected chi connectivity index (χ3v) is 6.90. The van der Waals surface area contributed by atoms with Gasteiger partial charge in [-0.2, -0.15) is 0 Å². The van der Waals surface area contributed by atoms with E-state index in [0.29, 0.717) is 35.7 Å². The number of anilines is 2. The van der Waals surface area contributed by atoms with Gasteiger partial charge in [-0.1, -0.05) is 24.3 Å². The van der Waals surface area contributed by atoms with Gasteiger partial charge < -0.3 is 10.1 Å². The van der Waals surface area contributed by atoms with Gasteiger partial charge in [0, 0.05) is 17.8 Å². The van der Waals surface area contributed by atoms with Crippen molar-refractivity contribution in [2.45, 2.75) is 17.7 Å². The second kappa shape index (κ2) is 8.20. The number of rotatable bonds is 5. The molecule has 0 spiro atoms. The first-order valence-corrected chi connectivity index (χ1v) is 11.1. The molecule has 7 heteroatoms. The van der Waals surface area contributed by atoms with Gasteiger partial charge in [0.2, 0.25) is 0 Å². The van der Waals surface area contributed by atoms with Crippen molar-refractivity contribution >= 4 is 27.3 Å². The number of aryl methyl sites for hydroxylation is 1. The molecule has 0 aromatic heterocycles. The zero-order chi connectivity index (χ0) is 21.1. The van der Waals surface area contributed by atoms with Crippen molar-refractivity contribution in [1.29, 1.82) is 0 Å². The largest absolute Gasteiger partial charge is 0.497 e. The van der Waals surface area contributed by atoms with Crippen LogP contribution in [-0.2, 0) is 16.4 Å². The average molecular weight is 423 g/mol. The SMILES string of the molecule is COc1cccc(C(=O)Nc2ccc3c(c2)CCCN3S(=O)(=O)c2ccccc2)c1. The van der Waals surface area contributed by atoms with Crippen LogP contribution in [0.15, 0.2) is 77.7 Å². The smallest absolute Gasteiger partial charge is 0.264 e. The third-order valence-electron chi connectivity index (χ3n) is 5.08. The Morgan fingerprint density at radius 1 is 1.00 bits per heavy atom. The molecule has 0 atom stereocenters. The van der Waals surface area contributed by atoms with E-state index in [4.69, 9.17) is 4.74 Å². The second-order valence-electron chi connectivity index (χ2n) is 7.02. The predicted molar refractivity (Wildman–Crippen MR) is 117 cm³/mol. The first kappa shape index (κ1) is 20.0. The van der Waals surface area contributed by atoms with E-state index in [-0.39, 0.29) is 10.8 Å². The van der Waals surface area contributed by atoms with E-state index in [1.54, 1.807) is 73.8 Å². The molecule has 1 heterocycles. The zero-order valence-corrected chi connectivity index (χ0v) is 17.4. The molecule has 0 aliphatic carbocycles. The predicted octanol–water partition coefficient (Wildman–Crippen LogP) is 4.09. The van der Waals surface area contributed by atoms with Crippen molar-refractivity contribution in [3.8, 4) is 5.75 Å². The van der Waals surface area contributed by atoms with Crippen LogP contribution in [0.5, 0.6) is 5.75 Å². The minimum Gasteiger partial charge on any atom is -0.497 e. The zero-order valence-electron chi connectivity index (χ0n) is 16.5. The molecular formula is C23H22N2O4S. The Balaban J connectivity index is 1.60. The fraction of sp³-hybridized carbons (Fsp3) is 0.174. The highest BCUT2D eigenvalue weighted by molar-refractivity contribution is 7.92. The maximum atomic E-state index is 13.1. The van der Waals surface area contributed by atoms with Crippen LogP contribution in [0.25, 0.3) is 0 Å². The Kier molecular flexibility index (Phi) is 5.46. The molecule has 0 fully saturated rings. The van der Waals surface area contributed by atoms with Crippen molar-refractivity contribution < 1.29 is 17.9 Å². The van der Waals surface area contributed by atoms with Crippen LogP contribution in [0.3, 0.4) is 0 Å². The molecular weight excluding hydrogens is 400 g/mol. The average Bonchev–Trinajstić information content (AvgIpc) is 2.79. The van der Waals surface area contributed by atoms with Gasteiger partial charge in [-0.15, -0.1) is 0 Å². The molecule has 0 saturated heterocycles. The summed E-state index contributed by atoms with van der Waals surface area (Å²) < 4.78 is 32.8. The summed E-state index contributed by atoms with van der Waals surface area (Å²) in [6.45, 7) is 0.430. The summed E-state index contributed by atoms with van der Waals surface area (Å²) in [4.78, 5) is 12.9. The van der Waals surface area contributed by atoms with Crippen molar-refractivity contribution in [3.63, 3.8) is 0 Å². The summed E-state index contributed by atoms with van der Waals surface area (Å²) >= 11 is 0. The summed E-state index contributed by atoms with van der Waals surface area (Å²) in [6.07, 6.45) is 1.46. The van der Waals surface area contributed by atoms with Crippen LogP contribution in [-0.4, -0.2) is 28.0 Å². The van der Waals surface area contributed by atoms with E-state index in [9.17, 15) is 13.2 Å². The summed E-state index contributed by atoms with van der Waals surface area (Å²) in [5.41, 5.74) is 2.66. The summed E-state index contributed by atoms with van der Waals surface area (Å²) in [6, 6.07) is 20.7. The highest BCUT2D eigenvalue weighted by Gasteiger charge is 2.29. The fourth-order valence-corrected chi connectivity index (χ4v) is 5.14. The summed E-state index contributed by atoms with van der Waals surface area (Å²) in [5, 5.41) is 2.88. The number of hydrogen-bond acceptors (Lipinski definition) is 4. The lowest BCUT2D eigenvalue weighted by molar-refractivity contribution is 0.102. The molecule has 1 aliphatic heterocycles. The van der Waals surface area contributed by atoms with Gasteiger partial charge in [-0.25, -0.2) is 8.42 Å². The van der Waals surface area contributed by atoms with Crippen molar-refractivity contribution in [2.75, 3.05) is 23.3 Å². The minimum absolute atomic E-state index is 0.251. The number of sulfonamides is 1. The van der Waals surface area contributed by atoms with Crippen LogP contribution in [0.2, 0.25) is 0 Å². The van der Waals surface area contributed by atoms with Crippen molar-refractivity contribution in [2.24, 2.45) is 0 Å². The number of amides is 1. The monoisotopic (exact) mass is 422 g/mol. The third kappa shape index (κ3) is 3.89. The number of ether oxygens (including phenoxy) is 1. The number of nitrogens with one attached hydrogen (secondary N) is 1. The Morgan fingerprint density at radius 2 is 1.80 bits per heavy atom. The van der Waals surface area contributed by atoms with E-state index in [0.717, 1.165) is 12.0 Å². The molecule has 0 radical (unpaired) electrons. The number of hydrogen-bond donors (Lipinski definition) is 1. The standard InChI is InChI=1S/C23H22N2O4S/c1-29-20-9-5-7-18(16-20)23(26)24-19-12-13-22-17(15-19)8-6-14-25(22)30(27,28)21-10-3-2-4-11-21/h2-5,7,9-13,15-16H,6,8,14H2,1H3,(H,24,26). The van der Waals surface area contributed by atoms with Crippen LogP contribution < -0.4 is 14.4 Å². The van der Waals surface area contributed by atoms with E-state index < -0.39 is 10.0 Å². The van der Waals surface area contributed by atoms with Gasteiger partial charge >= 0.3 is 0 Å². The van der Waals surface area contributed by atoms with Gasteiger partial charge in [0.05, 0.1) is 17.7 Å². The van der Waals surface area contributed by atoms with Gasteiger partial charge in [-0.05, 0) is 66.9 Å². The first-order valence-electron chi connectivity index (χ1n) is 9.65. The number of fused-ring (bicyclic) bond motifs is 1. The molecule has 1 N–H and O–H groups in total. The normalized spacial score (nSPS) is 13.4. The fourth-order valence-electron chi connectivity index (χ4n) is 3.58. The van der Waals surface area contributed by atoms with E-state index >= 15 is 0 Å². The highest BCUT2D eigenvalue weighted by atomic mass is 32.2. The van der Waals surface area contributed by atoms with Crippen LogP contribution in [0.4, 0.5) is 11.4 Å². The summed E-state index contributed by atoms with van der Waals surface area (Å²) in [7, 11) is -2.08. The van der Waals surface area contributed by atoms with Gasteiger partial charge in [0.1, 0.15) is 5.75 Å². The van der Waals surface area contributed by atoms with E-state index in [1.807, 2.05) is 6.07 Å². The number of benzene rings is 3. The highest BCUT2D eigenvalue weighted by Crippen LogP contribution is 2.33. The second-order valence-corrected chi connectivity index (χ2v) is 8.89. The summed E-state index contributed by atoms with van der Waals surface area (Å²) in [5.74, 6) is 0.355. The quantitative estimate of drug-likeness (QED) is 0.672. The van der Waals surface area contributed by atoms with Gasteiger partial charge in [0.15, 0.2) is 0 Å². The Hall–Kier alpha value is -3.32. The lowest BCUT2D eigenvalue weighted by Gasteiger charge is -2.30. The van der Waals surface area contributed by atoms with Crippen LogP contribution in [0.1, 0.15) is 22.3 Å². The molecule has 0 bridgehead atoms. The van der Waals surface area contributed by atoms with Crippen LogP contribution in [0, 0.1) is 0 Å². The van der Waals surface area contributed by atoms with Gasteiger partial charge in [0.25, 0.3) is 15.9 Å². The molecule has 154 valence electrons. The Bertz CT molecular complexity index is 1180. The molecule has 4 rings (SSSR count). The van der Waals surface area contributed by atoms with Crippen molar-refractivity contribution in [3.05, 3.63) is 83.9 Å². The van der Waals surface area contributed by atoms with E-state index in [1.165, 1.54) is 4.31 Å². The number of carbonyl (C=O) groups is 1. The molecule has 30 heavy (non-hydrogen) atoms. The lowest BCUT2D eigenvalue weighted by Crippen LogP contribution is -2.35. The molecule has 3 aromatic rings. The molecule has 6 nitrogen and oxygen atoms in total. The maximum Gasteiger partial charge on any atom is 0.264 e. The molecule has 0 saturated carbocycles. The number of carbonyl (C=O) groups excluding carboxylic acids is 1. The molecule has 1 aliphatic rings. The topological polar surface area (TPSA) is 75.7 Å². The Labute approximate surface area is 176 Å². The number of methoxy groups -OCH3 is 1. The van der Waals surface area contributed by atoms with E-state index in [2.05, 4.69) is 5.32 Å². The van der Waals surface area contributed by atoms with Gasteiger partial charge in [-0.3, -0.25) is 9.10 Å². The Morgan fingerprint density at radius 3 is 2.57 bits per heavy atom. The van der Waals surface area contributed by atoms with Crippen LogP contribution >= 0.6 is 0 Å². The first-order chi connectivity index (χ1) is 14.5. The minimum atomic E-state index is -3.63. The van der Waals surface area contributed by atoms with Crippen molar-refractivity contribution in [1.82, 2.24) is 0 Å². The lowest BCUT2D eigenvalue weighted by atomic mass is 10.0. The number of nitrogens with zero attached hydrogens (tertiary/aromatic N) is 1. The molecule has 1 amide bonds. The molecule has 0 unspecified atom stereocenters. The molecule has 3 aromatic carbocycles. The maximum absolute atomic E-state index is 13.1.